The summed E-state index contributed by atoms with van der Waals surface area (Å²) in [6.45, 7) is 1.84. The molecule has 0 saturated heterocycles. The highest BCUT2D eigenvalue weighted by Gasteiger charge is 2.41. The average molecular weight is 438 g/mol. The molecule has 0 amide bonds. The van der Waals surface area contributed by atoms with Crippen LogP contribution in [0.4, 0.5) is 0 Å². The lowest BCUT2D eigenvalue weighted by Crippen LogP contribution is -2.36. The van der Waals surface area contributed by atoms with E-state index in [2.05, 4.69) is 5.32 Å². The summed E-state index contributed by atoms with van der Waals surface area (Å²) in [5.74, 6) is -0.160. The van der Waals surface area contributed by atoms with Crippen LogP contribution < -0.4 is 10.1 Å². The van der Waals surface area contributed by atoms with E-state index in [4.69, 9.17) is 21.1 Å². The SMILES string of the molecule is COC(=O)C1=C(C)NC2=C(C(=O)C[C@@H](c3ccccc3OC)C2)[C@@H]1c1ccc(Cl)cc1. The van der Waals surface area contributed by atoms with Gasteiger partial charge in [0, 0.05) is 40.2 Å². The van der Waals surface area contributed by atoms with E-state index >= 15 is 0 Å². The quantitative estimate of drug-likeness (QED) is 0.690. The third-order valence-electron chi connectivity index (χ3n) is 6.01. The van der Waals surface area contributed by atoms with Crippen LogP contribution in [-0.4, -0.2) is 26.0 Å². The summed E-state index contributed by atoms with van der Waals surface area (Å²) in [5, 5.41) is 3.93. The first-order valence-corrected chi connectivity index (χ1v) is 10.5. The number of ether oxygens (including phenoxy) is 2. The van der Waals surface area contributed by atoms with Crippen molar-refractivity contribution >= 4 is 23.4 Å². The number of rotatable bonds is 4. The fraction of sp³-hybridized carbons (Fsp3) is 0.280. The average Bonchev–Trinajstić information content (AvgIpc) is 2.78. The molecule has 1 aliphatic heterocycles. The maximum Gasteiger partial charge on any atom is 0.336 e. The van der Waals surface area contributed by atoms with Gasteiger partial charge in [0.25, 0.3) is 0 Å². The molecule has 4 rings (SSSR count). The lowest BCUT2D eigenvalue weighted by Gasteiger charge is -2.36. The second-order valence-corrected chi connectivity index (χ2v) is 8.24. The third-order valence-corrected chi connectivity index (χ3v) is 6.27. The Balaban J connectivity index is 1.81. The number of nitrogens with one attached hydrogen (secondary N) is 1. The number of ketones is 1. The summed E-state index contributed by atoms with van der Waals surface area (Å²) < 4.78 is 10.6. The molecule has 2 aromatic rings. The molecular formula is C25H24ClNO4. The van der Waals surface area contributed by atoms with Gasteiger partial charge in [-0.1, -0.05) is 41.9 Å². The lowest BCUT2D eigenvalue weighted by molar-refractivity contribution is -0.136. The van der Waals surface area contributed by atoms with Gasteiger partial charge in [-0.15, -0.1) is 0 Å². The molecule has 1 heterocycles. The molecule has 1 aliphatic carbocycles. The van der Waals surface area contributed by atoms with E-state index in [0.717, 1.165) is 22.6 Å². The van der Waals surface area contributed by atoms with Gasteiger partial charge >= 0.3 is 5.97 Å². The van der Waals surface area contributed by atoms with E-state index < -0.39 is 11.9 Å². The zero-order valence-corrected chi connectivity index (χ0v) is 18.5. The summed E-state index contributed by atoms with van der Waals surface area (Å²) in [7, 11) is 2.99. The molecule has 0 spiro atoms. The zero-order chi connectivity index (χ0) is 22.1. The van der Waals surface area contributed by atoms with Crippen molar-refractivity contribution in [3.8, 4) is 5.75 Å². The maximum atomic E-state index is 13.5. The molecule has 0 saturated carbocycles. The van der Waals surface area contributed by atoms with Crippen LogP contribution in [0.1, 0.15) is 42.7 Å². The number of benzene rings is 2. The number of dihydropyridines is 1. The number of carbonyl (C=O) groups excluding carboxylic acids is 2. The Bertz CT molecular complexity index is 1100. The fourth-order valence-corrected chi connectivity index (χ4v) is 4.76. The molecule has 2 atom stereocenters. The first-order valence-electron chi connectivity index (χ1n) is 10.1. The predicted octanol–water partition coefficient (Wildman–Crippen LogP) is 4.88. The molecule has 2 aromatic carbocycles. The Labute approximate surface area is 186 Å². The van der Waals surface area contributed by atoms with Gasteiger partial charge < -0.3 is 14.8 Å². The van der Waals surface area contributed by atoms with Crippen LogP contribution >= 0.6 is 11.6 Å². The molecule has 0 unspecified atom stereocenters. The molecule has 2 aliphatic rings. The van der Waals surface area contributed by atoms with Gasteiger partial charge in [0.2, 0.25) is 0 Å². The minimum atomic E-state index is -0.493. The molecule has 5 nitrogen and oxygen atoms in total. The van der Waals surface area contributed by atoms with Crippen LogP contribution in [0.5, 0.6) is 5.75 Å². The Morgan fingerprint density at radius 2 is 1.77 bits per heavy atom. The molecule has 0 radical (unpaired) electrons. The van der Waals surface area contributed by atoms with Gasteiger partial charge in [-0.2, -0.15) is 0 Å². The van der Waals surface area contributed by atoms with Gasteiger partial charge in [-0.05, 0) is 42.7 Å². The summed E-state index contributed by atoms with van der Waals surface area (Å²) in [4.78, 5) is 26.2. The summed E-state index contributed by atoms with van der Waals surface area (Å²) in [6.07, 6.45) is 0.996. The van der Waals surface area contributed by atoms with Crippen molar-refractivity contribution in [2.75, 3.05) is 14.2 Å². The van der Waals surface area contributed by atoms with Gasteiger partial charge in [0.1, 0.15) is 5.75 Å². The molecule has 31 heavy (non-hydrogen) atoms. The van der Waals surface area contributed by atoms with E-state index in [-0.39, 0.29) is 11.7 Å². The Kier molecular flexibility index (Phi) is 5.88. The standard InChI is InChI=1S/C25H24ClNO4/c1-14-22(25(29)31-3)23(15-8-10-17(26)11-9-15)24-19(27-14)12-16(13-20(24)28)18-6-4-5-7-21(18)30-2/h4-11,16,23,27H,12-13H2,1-3H3/t16-,23+/m0/s1. The highest BCUT2D eigenvalue weighted by atomic mass is 35.5. The molecule has 0 bridgehead atoms. The first kappa shape index (κ1) is 21.2. The monoisotopic (exact) mass is 437 g/mol. The van der Waals surface area contributed by atoms with E-state index in [1.807, 2.05) is 43.3 Å². The molecular weight excluding hydrogens is 414 g/mol. The van der Waals surface area contributed by atoms with E-state index in [1.165, 1.54) is 7.11 Å². The Hall–Kier alpha value is -3.05. The van der Waals surface area contributed by atoms with Crippen molar-refractivity contribution in [1.82, 2.24) is 5.32 Å². The Morgan fingerprint density at radius 3 is 2.45 bits per heavy atom. The number of hydrogen-bond donors (Lipinski definition) is 1. The third kappa shape index (κ3) is 3.86. The van der Waals surface area contributed by atoms with Gasteiger partial charge in [0.05, 0.1) is 19.8 Å². The minimum Gasteiger partial charge on any atom is -0.496 e. The van der Waals surface area contributed by atoms with Crippen molar-refractivity contribution < 1.29 is 19.1 Å². The van der Waals surface area contributed by atoms with E-state index in [1.54, 1.807) is 19.2 Å². The second kappa shape index (κ2) is 8.60. The lowest BCUT2D eigenvalue weighted by atomic mass is 9.71. The first-order chi connectivity index (χ1) is 14.9. The highest BCUT2D eigenvalue weighted by Crippen LogP contribution is 2.46. The summed E-state index contributed by atoms with van der Waals surface area (Å²) in [5.41, 5.74) is 4.46. The number of Topliss-reactive ketones (excluding diaryl/α,β-unsaturated/α-hetero) is 1. The van der Waals surface area contributed by atoms with Gasteiger partial charge in [-0.3, -0.25) is 4.79 Å². The fourth-order valence-electron chi connectivity index (χ4n) is 4.63. The maximum absolute atomic E-state index is 13.5. The largest absolute Gasteiger partial charge is 0.496 e. The number of para-hydroxylation sites is 1. The van der Waals surface area contributed by atoms with Crippen molar-refractivity contribution in [3.05, 3.63) is 87.2 Å². The normalized spacial score (nSPS) is 20.8. The number of allylic oxidation sites excluding steroid dienone is 3. The molecule has 0 fully saturated rings. The number of methoxy groups -OCH3 is 2. The van der Waals surface area contributed by atoms with Gasteiger partial charge in [0.15, 0.2) is 5.78 Å². The molecule has 6 heteroatoms. The van der Waals surface area contributed by atoms with Crippen LogP contribution in [0.15, 0.2) is 71.1 Å². The van der Waals surface area contributed by atoms with E-state index in [0.29, 0.717) is 34.7 Å². The number of halogens is 1. The number of hydrogen-bond acceptors (Lipinski definition) is 5. The minimum absolute atomic E-state index is 0.00626. The van der Waals surface area contributed by atoms with E-state index in [9.17, 15) is 9.59 Å². The smallest absolute Gasteiger partial charge is 0.336 e. The van der Waals surface area contributed by atoms with Crippen LogP contribution in [0.25, 0.3) is 0 Å². The molecule has 1 N–H and O–H groups in total. The zero-order valence-electron chi connectivity index (χ0n) is 17.7. The van der Waals surface area contributed by atoms with Crippen molar-refractivity contribution in [1.29, 1.82) is 0 Å². The predicted molar refractivity (Wildman–Crippen MR) is 119 cm³/mol. The van der Waals surface area contributed by atoms with Crippen molar-refractivity contribution in [2.45, 2.75) is 31.6 Å². The van der Waals surface area contributed by atoms with Crippen LogP contribution in [0, 0.1) is 0 Å². The summed E-state index contributed by atoms with van der Waals surface area (Å²) >= 11 is 6.08. The Morgan fingerprint density at radius 1 is 1.06 bits per heavy atom. The molecule has 0 aromatic heterocycles. The number of esters is 1. The topological polar surface area (TPSA) is 64.6 Å². The summed E-state index contributed by atoms with van der Waals surface area (Å²) in [6, 6.07) is 15.1. The molecule has 160 valence electrons. The highest BCUT2D eigenvalue weighted by molar-refractivity contribution is 6.30. The number of carbonyl (C=O) groups is 2. The van der Waals surface area contributed by atoms with Crippen molar-refractivity contribution in [2.24, 2.45) is 0 Å². The second-order valence-electron chi connectivity index (χ2n) is 7.80. The van der Waals surface area contributed by atoms with Crippen LogP contribution in [-0.2, 0) is 14.3 Å². The van der Waals surface area contributed by atoms with Crippen LogP contribution in [0.2, 0.25) is 5.02 Å². The van der Waals surface area contributed by atoms with Gasteiger partial charge in [-0.25, -0.2) is 4.79 Å². The van der Waals surface area contributed by atoms with Crippen molar-refractivity contribution in [3.63, 3.8) is 0 Å². The van der Waals surface area contributed by atoms with Crippen LogP contribution in [0.3, 0.4) is 0 Å².